The molecule has 2 rings (SSSR count). The molecule has 3 amide bonds. The summed E-state index contributed by atoms with van der Waals surface area (Å²) in [4.78, 5) is 71.7. The van der Waals surface area contributed by atoms with Crippen LogP contribution in [0.5, 0.6) is 11.5 Å². The Kier molecular flexibility index (Phi) is 18.9. The molecule has 1 heterocycles. The van der Waals surface area contributed by atoms with Crippen LogP contribution < -0.4 is 20.5 Å². The summed E-state index contributed by atoms with van der Waals surface area (Å²) >= 11 is 0. The Morgan fingerprint density at radius 1 is 1.06 bits per heavy atom. The molecular formula is C37H59N3O12. The van der Waals surface area contributed by atoms with Crippen LogP contribution in [0.1, 0.15) is 79.2 Å². The molecule has 1 aromatic rings. The van der Waals surface area contributed by atoms with Crippen LogP contribution >= 0.6 is 0 Å². The first kappa shape index (κ1) is 44.2. The number of nitrogens with two attached hydrogens (primary N) is 1. The second-order valence-corrected chi connectivity index (χ2v) is 14.4. The maximum atomic E-state index is 13.5. The van der Waals surface area contributed by atoms with Gasteiger partial charge < -0.3 is 39.5 Å². The van der Waals surface area contributed by atoms with E-state index in [1.807, 2.05) is 32.0 Å². The van der Waals surface area contributed by atoms with Gasteiger partial charge in [0.2, 0.25) is 18.6 Å². The summed E-state index contributed by atoms with van der Waals surface area (Å²) in [6.45, 7) is 11.8. The molecule has 0 aliphatic carbocycles. The van der Waals surface area contributed by atoms with Crippen molar-refractivity contribution in [3.8, 4) is 11.5 Å². The Hall–Kier alpha value is -3.95. The second kappa shape index (κ2) is 22.2. The summed E-state index contributed by atoms with van der Waals surface area (Å²) in [5.41, 5.74) is 5.61. The third kappa shape index (κ3) is 14.2. The number of amides is 3. The van der Waals surface area contributed by atoms with Gasteiger partial charge in [-0.15, -0.1) is 4.89 Å². The van der Waals surface area contributed by atoms with Gasteiger partial charge in [-0.2, -0.15) is 0 Å². The molecule has 52 heavy (non-hydrogen) atoms. The molecule has 0 unspecified atom stereocenters. The Labute approximate surface area is 307 Å². The lowest BCUT2D eigenvalue weighted by atomic mass is 9.80. The van der Waals surface area contributed by atoms with Crippen LogP contribution in [0, 0.1) is 29.1 Å². The Balaban J connectivity index is 2.31. The molecule has 4 atom stereocenters. The molecule has 0 bridgehead atoms. The number of rotatable bonds is 24. The van der Waals surface area contributed by atoms with Gasteiger partial charge in [-0.05, 0) is 68.6 Å². The number of aldehydes is 1. The number of carbonyl (C=O) groups excluding carboxylic acids is 5. The van der Waals surface area contributed by atoms with Crippen molar-refractivity contribution < 1.29 is 57.4 Å². The van der Waals surface area contributed by atoms with E-state index in [1.54, 1.807) is 28.1 Å². The minimum absolute atomic E-state index is 0.0231. The fourth-order valence-electron chi connectivity index (χ4n) is 5.75. The first-order valence-electron chi connectivity index (χ1n) is 17.8. The van der Waals surface area contributed by atoms with E-state index >= 15 is 0 Å². The van der Waals surface area contributed by atoms with Crippen molar-refractivity contribution in [3.05, 3.63) is 23.8 Å². The van der Waals surface area contributed by atoms with E-state index in [1.165, 1.54) is 4.90 Å². The Morgan fingerprint density at radius 3 is 2.40 bits per heavy atom. The van der Waals surface area contributed by atoms with E-state index in [9.17, 15) is 24.0 Å². The number of nitrogens with zero attached hydrogens (tertiary/aromatic N) is 1. The van der Waals surface area contributed by atoms with Crippen molar-refractivity contribution in [2.24, 2.45) is 34.8 Å². The molecule has 0 aromatic heterocycles. The monoisotopic (exact) mass is 737 g/mol. The molecule has 1 aliphatic rings. The highest BCUT2D eigenvalue weighted by Gasteiger charge is 2.43. The number of hydrogen-bond donors (Lipinski definition) is 2. The number of ether oxygens (including phenoxy) is 5. The normalized spacial score (nSPS) is 17.1. The number of nitrogens with one attached hydrogen (secondary N) is 1. The van der Waals surface area contributed by atoms with Crippen molar-refractivity contribution in [1.29, 1.82) is 0 Å². The highest BCUT2D eigenvalue weighted by molar-refractivity contribution is 5.83. The third-order valence-corrected chi connectivity index (χ3v) is 9.30. The van der Waals surface area contributed by atoms with Crippen molar-refractivity contribution in [3.63, 3.8) is 0 Å². The molecule has 294 valence electrons. The second-order valence-electron chi connectivity index (χ2n) is 14.4. The molecule has 1 aromatic carbocycles. The zero-order chi connectivity index (χ0) is 38.8. The number of carbonyl (C=O) groups is 5. The minimum Gasteiger partial charge on any atom is -0.493 e. The largest absolute Gasteiger partial charge is 0.493 e. The van der Waals surface area contributed by atoms with Crippen LogP contribution in [0.3, 0.4) is 0 Å². The van der Waals surface area contributed by atoms with Gasteiger partial charge in [-0.3, -0.25) is 19.4 Å². The zero-order valence-electron chi connectivity index (χ0n) is 32.0. The SMILES string of the molecule is COCCCOc1cc(C[C@@H](C[C@H]2[C@H](C[C@H](C(=O)NCC(C)(C)C(N)=O)C(C)C)OCN2C(=O)OCOOC(=O)CCC=O)C(C)C)ccc1OC. The number of primary amides is 1. The van der Waals surface area contributed by atoms with Crippen LogP contribution in [-0.4, -0.2) is 94.7 Å². The van der Waals surface area contributed by atoms with E-state index in [0.717, 1.165) is 12.0 Å². The predicted octanol–water partition coefficient (Wildman–Crippen LogP) is 4.18. The summed E-state index contributed by atoms with van der Waals surface area (Å²) in [5.74, 6) is -0.650. The third-order valence-electron chi connectivity index (χ3n) is 9.30. The number of benzene rings is 1. The summed E-state index contributed by atoms with van der Waals surface area (Å²) < 4.78 is 28.2. The lowest BCUT2D eigenvalue weighted by molar-refractivity contribution is -0.302. The molecule has 1 saturated heterocycles. The topological polar surface area (TPSA) is 191 Å². The minimum atomic E-state index is -0.935. The van der Waals surface area contributed by atoms with Crippen LogP contribution in [0.15, 0.2) is 18.2 Å². The van der Waals surface area contributed by atoms with E-state index < -0.39 is 48.2 Å². The Bertz CT molecular complexity index is 1300. The maximum Gasteiger partial charge on any atom is 0.414 e. The molecule has 0 spiro atoms. The average molecular weight is 738 g/mol. The van der Waals surface area contributed by atoms with Gasteiger partial charge in [0.15, 0.2) is 11.5 Å². The van der Waals surface area contributed by atoms with Gasteiger partial charge in [0, 0.05) is 39.0 Å². The lowest BCUT2D eigenvalue weighted by Gasteiger charge is -2.33. The summed E-state index contributed by atoms with van der Waals surface area (Å²) in [6, 6.07) is 5.34. The zero-order valence-corrected chi connectivity index (χ0v) is 32.0. The fraction of sp³-hybridized carbons (Fsp3) is 0.703. The number of hydrogen-bond acceptors (Lipinski definition) is 12. The maximum absolute atomic E-state index is 13.5. The van der Waals surface area contributed by atoms with Gasteiger partial charge in [-0.1, -0.05) is 33.8 Å². The van der Waals surface area contributed by atoms with E-state index in [-0.39, 0.29) is 49.8 Å². The average Bonchev–Trinajstić information content (AvgIpc) is 3.50. The van der Waals surface area contributed by atoms with Crippen molar-refractivity contribution >= 4 is 30.2 Å². The first-order chi connectivity index (χ1) is 24.6. The van der Waals surface area contributed by atoms with E-state index in [4.69, 9.17) is 34.3 Å². The van der Waals surface area contributed by atoms with E-state index in [0.29, 0.717) is 50.3 Å². The number of methoxy groups -OCH3 is 2. The summed E-state index contributed by atoms with van der Waals surface area (Å²) in [6.07, 6.45) is 1.29. The molecule has 15 heteroatoms. The van der Waals surface area contributed by atoms with Crippen LogP contribution in [0.4, 0.5) is 4.79 Å². The van der Waals surface area contributed by atoms with Gasteiger partial charge in [0.1, 0.15) is 13.0 Å². The smallest absolute Gasteiger partial charge is 0.414 e. The van der Waals surface area contributed by atoms with Crippen LogP contribution in [0.2, 0.25) is 0 Å². The van der Waals surface area contributed by atoms with Crippen molar-refractivity contribution in [1.82, 2.24) is 10.2 Å². The molecule has 3 N–H and O–H groups in total. The van der Waals surface area contributed by atoms with Crippen LogP contribution in [-0.2, 0) is 49.6 Å². The fourth-order valence-corrected chi connectivity index (χ4v) is 5.75. The van der Waals surface area contributed by atoms with Gasteiger partial charge in [0.25, 0.3) is 0 Å². The summed E-state index contributed by atoms with van der Waals surface area (Å²) in [7, 11) is 3.23. The molecule has 0 saturated carbocycles. The van der Waals surface area contributed by atoms with Crippen molar-refractivity contribution in [2.45, 2.75) is 92.2 Å². The van der Waals surface area contributed by atoms with Gasteiger partial charge >= 0.3 is 12.1 Å². The highest BCUT2D eigenvalue weighted by atomic mass is 17.2. The standard InChI is InChI=1S/C37H59N3O12/c1-24(2)27(17-26-12-13-30(47-8)32(18-26)48-16-10-15-46-7)19-29-31(20-28(25(3)4)34(43)39-21-37(5,6)35(38)44)49-22-40(29)36(45)50-23-51-52-33(42)11-9-14-41/h12-14,18,24-25,27-29,31H,9-11,15-17,19-23H2,1-8H3,(H2,38,44)(H,39,43)/t27-,28-,29-,31-/m0/s1. The first-order valence-corrected chi connectivity index (χ1v) is 17.8. The molecule has 1 aliphatic heterocycles. The molecule has 0 radical (unpaired) electrons. The lowest BCUT2D eigenvalue weighted by Crippen LogP contribution is -2.47. The Morgan fingerprint density at radius 2 is 1.79 bits per heavy atom. The van der Waals surface area contributed by atoms with Crippen LogP contribution in [0.25, 0.3) is 0 Å². The van der Waals surface area contributed by atoms with E-state index in [2.05, 4.69) is 24.1 Å². The summed E-state index contributed by atoms with van der Waals surface area (Å²) in [5, 5.41) is 2.89. The van der Waals surface area contributed by atoms with Crippen molar-refractivity contribution in [2.75, 3.05) is 47.5 Å². The highest BCUT2D eigenvalue weighted by Crippen LogP contribution is 2.36. The molecule has 15 nitrogen and oxygen atoms in total. The van der Waals surface area contributed by atoms with Gasteiger partial charge in [0.05, 0.1) is 37.7 Å². The quantitative estimate of drug-likeness (QED) is 0.0507. The predicted molar refractivity (Wildman–Crippen MR) is 190 cm³/mol. The van der Waals surface area contributed by atoms with Gasteiger partial charge in [-0.25, -0.2) is 9.59 Å². The molecule has 1 fully saturated rings. The molecular weight excluding hydrogens is 678 g/mol.